The summed E-state index contributed by atoms with van der Waals surface area (Å²) in [4.78, 5) is 31.9. The summed E-state index contributed by atoms with van der Waals surface area (Å²) in [5.74, 6) is -0.650. The zero-order chi connectivity index (χ0) is 15.3. The van der Waals surface area contributed by atoms with Crippen molar-refractivity contribution in [2.75, 3.05) is 13.2 Å². The molecule has 0 aliphatic carbocycles. The largest absolute Gasteiger partial charge is 0.396 e. The van der Waals surface area contributed by atoms with Crippen molar-refractivity contribution >= 4 is 17.3 Å². The van der Waals surface area contributed by atoms with Crippen molar-refractivity contribution < 1.29 is 19.7 Å². The zero-order valence-corrected chi connectivity index (χ0v) is 10.7. The molecule has 0 aliphatic heterocycles. The van der Waals surface area contributed by atoms with E-state index in [9.17, 15) is 25.0 Å². The molecule has 1 aromatic rings. The lowest BCUT2D eigenvalue weighted by molar-refractivity contribution is -0.394. The number of benzene rings is 1. The lowest BCUT2D eigenvalue weighted by Crippen LogP contribution is -2.26. The molecule has 1 amide bonds. The van der Waals surface area contributed by atoms with E-state index in [1.807, 2.05) is 0 Å². The highest BCUT2D eigenvalue weighted by molar-refractivity contribution is 5.97. The van der Waals surface area contributed by atoms with Crippen LogP contribution in [-0.4, -0.2) is 34.0 Å². The summed E-state index contributed by atoms with van der Waals surface area (Å²) in [6.45, 7) is 1.41. The number of carbonyl (C=O) groups excluding carboxylic acids is 1. The van der Waals surface area contributed by atoms with Gasteiger partial charge in [-0.05, 0) is 13.3 Å². The van der Waals surface area contributed by atoms with Crippen LogP contribution in [0.1, 0.15) is 22.3 Å². The van der Waals surface area contributed by atoms with Gasteiger partial charge >= 0.3 is 0 Å². The summed E-state index contributed by atoms with van der Waals surface area (Å²) in [5.41, 5.74) is -1.06. The maximum absolute atomic E-state index is 11.9. The number of rotatable bonds is 6. The number of amides is 1. The van der Waals surface area contributed by atoms with Gasteiger partial charge in [-0.3, -0.25) is 25.0 Å². The van der Waals surface area contributed by atoms with Crippen molar-refractivity contribution in [2.45, 2.75) is 13.3 Å². The molecule has 0 aromatic heterocycles. The molecule has 0 bridgehead atoms. The van der Waals surface area contributed by atoms with Gasteiger partial charge in [0.05, 0.1) is 21.5 Å². The van der Waals surface area contributed by atoms with Crippen LogP contribution in [0.4, 0.5) is 11.4 Å². The molecule has 0 fully saturated rings. The first-order valence-corrected chi connectivity index (χ1v) is 5.71. The summed E-state index contributed by atoms with van der Waals surface area (Å²) in [6, 6.07) is 1.82. The molecule has 9 heteroatoms. The summed E-state index contributed by atoms with van der Waals surface area (Å²) in [5, 5.41) is 32.6. The first kappa shape index (κ1) is 15.5. The Morgan fingerprint density at radius 1 is 1.30 bits per heavy atom. The molecule has 0 atom stereocenters. The lowest BCUT2D eigenvalue weighted by Gasteiger charge is -2.07. The van der Waals surface area contributed by atoms with Gasteiger partial charge in [-0.2, -0.15) is 0 Å². The number of nitrogens with one attached hydrogen (secondary N) is 1. The third-order valence-corrected chi connectivity index (χ3v) is 2.64. The van der Waals surface area contributed by atoms with Gasteiger partial charge < -0.3 is 10.4 Å². The van der Waals surface area contributed by atoms with Gasteiger partial charge in [-0.15, -0.1) is 0 Å². The number of aliphatic hydroxyl groups excluding tert-OH is 1. The summed E-state index contributed by atoms with van der Waals surface area (Å²) in [6.07, 6.45) is 0.321. The minimum Gasteiger partial charge on any atom is -0.396 e. The third-order valence-electron chi connectivity index (χ3n) is 2.64. The topological polar surface area (TPSA) is 136 Å². The van der Waals surface area contributed by atoms with E-state index < -0.39 is 27.1 Å². The smallest absolute Gasteiger partial charge is 0.279 e. The average molecular weight is 283 g/mol. The second-order valence-corrected chi connectivity index (χ2v) is 3.98. The minimum atomic E-state index is -0.795. The quantitative estimate of drug-likeness (QED) is 0.452. The van der Waals surface area contributed by atoms with Crippen molar-refractivity contribution in [1.82, 2.24) is 5.32 Å². The highest BCUT2D eigenvalue weighted by atomic mass is 16.6. The van der Waals surface area contributed by atoms with E-state index in [0.717, 1.165) is 12.1 Å². The Labute approximate surface area is 113 Å². The fourth-order valence-electron chi connectivity index (χ4n) is 1.59. The number of nitro groups is 2. The number of non-ortho nitro benzene ring substituents is 1. The van der Waals surface area contributed by atoms with Crippen LogP contribution in [-0.2, 0) is 0 Å². The van der Waals surface area contributed by atoms with Crippen LogP contribution in [0.2, 0.25) is 0 Å². The summed E-state index contributed by atoms with van der Waals surface area (Å²) in [7, 11) is 0. The van der Waals surface area contributed by atoms with E-state index in [1.165, 1.54) is 6.92 Å². The van der Waals surface area contributed by atoms with Gasteiger partial charge in [0, 0.05) is 24.8 Å². The van der Waals surface area contributed by atoms with Crippen molar-refractivity contribution in [3.8, 4) is 0 Å². The van der Waals surface area contributed by atoms with Crippen LogP contribution in [0.3, 0.4) is 0 Å². The fourth-order valence-corrected chi connectivity index (χ4v) is 1.59. The number of nitrogens with zero attached hydrogens (tertiary/aromatic N) is 2. The Kier molecular flexibility index (Phi) is 5.09. The number of carbonyl (C=O) groups is 1. The van der Waals surface area contributed by atoms with Gasteiger partial charge in [0.15, 0.2) is 0 Å². The van der Waals surface area contributed by atoms with Gasteiger partial charge in [0.1, 0.15) is 0 Å². The molecule has 9 nitrogen and oxygen atoms in total. The Balaban J connectivity index is 3.20. The lowest BCUT2D eigenvalue weighted by atomic mass is 10.0. The second kappa shape index (κ2) is 6.57. The van der Waals surface area contributed by atoms with E-state index >= 15 is 0 Å². The van der Waals surface area contributed by atoms with Crippen LogP contribution in [0, 0.1) is 27.2 Å². The highest BCUT2D eigenvalue weighted by Crippen LogP contribution is 2.27. The maximum atomic E-state index is 11.9. The monoisotopic (exact) mass is 283 g/mol. The molecular weight excluding hydrogens is 270 g/mol. The van der Waals surface area contributed by atoms with E-state index in [0.29, 0.717) is 6.42 Å². The van der Waals surface area contributed by atoms with E-state index in [-0.39, 0.29) is 24.3 Å². The molecule has 0 radical (unpaired) electrons. The van der Waals surface area contributed by atoms with Crippen molar-refractivity contribution in [3.05, 3.63) is 43.5 Å². The molecule has 2 N–H and O–H groups in total. The predicted octanol–water partition coefficient (Wildman–Crippen LogP) is 0.924. The molecule has 0 saturated carbocycles. The number of hydrogen-bond acceptors (Lipinski definition) is 6. The van der Waals surface area contributed by atoms with Gasteiger partial charge in [0.25, 0.3) is 17.3 Å². The maximum Gasteiger partial charge on any atom is 0.279 e. The Morgan fingerprint density at radius 2 is 1.95 bits per heavy atom. The average Bonchev–Trinajstić information content (AvgIpc) is 2.38. The van der Waals surface area contributed by atoms with Crippen LogP contribution < -0.4 is 5.32 Å². The van der Waals surface area contributed by atoms with Gasteiger partial charge in [-0.1, -0.05) is 0 Å². The molecule has 20 heavy (non-hydrogen) atoms. The van der Waals surface area contributed by atoms with E-state index in [1.54, 1.807) is 0 Å². The van der Waals surface area contributed by atoms with Crippen molar-refractivity contribution in [3.63, 3.8) is 0 Å². The second-order valence-electron chi connectivity index (χ2n) is 3.98. The molecule has 108 valence electrons. The molecule has 0 saturated heterocycles. The predicted molar refractivity (Wildman–Crippen MR) is 68.5 cm³/mol. The number of aliphatic hydroxyl groups is 1. The van der Waals surface area contributed by atoms with Crippen LogP contribution in [0.5, 0.6) is 0 Å². The minimum absolute atomic E-state index is 0.0575. The first-order valence-electron chi connectivity index (χ1n) is 5.71. The standard InChI is InChI=1S/C11H13N3O6/c1-7-9(11(16)12-3-2-4-15)5-8(13(17)18)6-10(7)14(19)20/h5-6,15H,2-4H2,1H3,(H,12,16). The van der Waals surface area contributed by atoms with Crippen LogP contribution in [0.25, 0.3) is 0 Å². The summed E-state index contributed by atoms with van der Waals surface area (Å²) >= 11 is 0. The van der Waals surface area contributed by atoms with E-state index in [4.69, 9.17) is 5.11 Å². The first-order chi connectivity index (χ1) is 9.38. The zero-order valence-electron chi connectivity index (χ0n) is 10.7. The van der Waals surface area contributed by atoms with Crippen LogP contribution in [0.15, 0.2) is 12.1 Å². The molecule has 0 aliphatic rings. The van der Waals surface area contributed by atoms with E-state index in [2.05, 4.69) is 5.32 Å². The molecule has 0 heterocycles. The fraction of sp³-hybridized carbons (Fsp3) is 0.364. The molecule has 0 spiro atoms. The van der Waals surface area contributed by atoms with Gasteiger partial charge in [-0.25, -0.2) is 0 Å². The molecule has 0 unspecified atom stereocenters. The number of hydrogen-bond donors (Lipinski definition) is 2. The third kappa shape index (κ3) is 3.48. The molecule has 1 aromatic carbocycles. The SMILES string of the molecule is Cc1c(C(=O)NCCCO)cc([N+](=O)[O-])cc1[N+](=O)[O-]. The Hall–Kier alpha value is -2.55. The van der Waals surface area contributed by atoms with Gasteiger partial charge in [0.2, 0.25) is 0 Å². The Bertz CT molecular complexity index is 557. The van der Waals surface area contributed by atoms with Crippen molar-refractivity contribution in [1.29, 1.82) is 0 Å². The van der Waals surface area contributed by atoms with Crippen molar-refractivity contribution in [2.24, 2.45) is 0 Å². The molecule has 1 rings (SSSR count). The summed E-state index contributed by atoms with van der Waals surface area (Å²) < 4.78 is 0. The molecular formula is C11H13N3O6. The normalized spacial score (nSPS) is 10.1. The number of nitro benzene ring substituents is 2. The van der Waals surface area contributed by atoms with Crippen LogP contribution >= 0.6 is 0 Å². The highest BCUT2D eigenvalue weighted by Gasteiger charge is 2.24. The Morgan fingerprint density at radius 3 is 2.45 bits per heavy atom.